The molecular formula is C17H18BrN3O2. The van der Waals surface area contributed by atoms with Crippen LogP contribution in [-0.4, -0.2) is 34.1 Å². The molecule has 0 radical (unpaired) electrons. The van der Waals surface area contributed by atoms with Crippen molar-refractivity contribution in [3.05, 3.63) is 58.6 Å². The molecule has 23 heavy (non-hydrogen) atoms. The van der Waals surface area contributed by atoms with Crippen molar-refractivity contribution in [3.8, 4) is 0 Å². The molecule has 0 N–H and O–H groups in total. The van der Waals surface area contributed by atoms with Gasteiger partial charge in [-0.05, 0) is 34.3 Å². The topological polar surface area (TPSA) is 55.3 Å². The minimum Gasteiger partial charge on any atom is -0.445 e. The van der Waals surface area contributed by atoms with E-state index in [4.69, 9.17) is 4.74 Å². The summed E-state index contributed by atoms with van der Waals surface area (Å²) >= 11 is 3.34. The Morgan fingerprint density at radius 3 is 2.74 bits per heavy atom. The molecule has 1 saturated heterocycles. The summed E-state index contributed by atoms with van der Waals surface area (Å²) in [4.78, 5) is 22.7. The zero-order valence-corrected chi connectivity index (χ0v) is 14.3. The summed E-state index contributed by atoms with van der Waals surface area (Å²) in [7, 11) is 0. The fourth-order valence-electron chi connectivity index (χ4n) is 2.70. The molecule has 1 aromatic heterocycles. The molecule has 1 amide bonds. The van der Waals surface area contributed by atoms with Gasteiger partial charge in [0.25, 0.3) is 0 Å². The van der Waals surface area contributed by atoms with Gasteiger partial charge in [-0.25, -0.2) is 14.8 Å². The van der Waals surface area contributed by atoms with Crippen molar-refractivity contribution < 1.29 is 9.53 Å². The monoisotopic (exact) mass is 375 g/mol. The molecule has 0 aliphatic carbocycles. The Morgan fingerprint density at radius 1 is 1.26 bits per heavy atom. The summed E-state index contributed by atoms with van der Waals surface area (Å²) < 4.78 is 6.27. The highest BCUT2D eigenvalue weighted by molar-refractivity contribution is 9.10. The Balaban J connectivity index is 1.57. The first-order chi connectivity index (χ1) is 11.2. The molecule has 2 aromatic rings. The van der Waals surface area contributed by atoms with Crippen LogP contribution in [0.25, 0.3) is 0 Å². The predicted molar refractivity (Wildman–Crippen MR) is 89.9 cm³/mol. The van der Waals surface area contributed by atoms with E-state index in [1.54, 1.807) is 17.3 Å². The number of halogens is 1. The number of carbonyl (C=O) groups excluding carboxylic acids is 1. The highest BCUT2D eigenvalue weighted by Gasteiger charge is 2.27. The molecule has 6 heteroatoms. The normalized spacial score (nSPS) is 17.8. The molecular weight excluding hydrogens is 358 g/mol. The molecule has 3 rings (SSSR count). The highest BCUT2D eigenvalue weighted by atomic mass is 79.9. The first-order valence-corrected chi connectivity index (χ1v) is 8.45. The van der Waals surface area contributed by atoms with E-state index >= 15 is 0 Å². The van der Waals surface area contributed by atoms with Crippen molar-refractivity contribution in [1.29, 1.82) is 0 Å². The second kappa shape index (κ2) is 7.55. The molecule has 0 saturated carbocycles. The molecule has 2 heterocycles. The van der Waals surface area contributed by atoms with E-state index in [1.807, 2.05) is 30.3 Å². The first-order valence-electron chi connectivity index (χ1n) is 7.65. The van der Waals surface area contributed by atoms with Gasteiger partial charge in [0.15, 0.2) is 0 Å². The molecule has 1 atom stereocenters. The van der Waals surface area contributed by atoms with Gasteiger partial charge in [0.2, 0.25) is 0 Å². The van der Waals surface area contributed by atoms with E-state index in [9.17, 15) is 4.79 Å². The Bertz CT molecular complexity index is 649. The number of hydrogen-bond acceptors (Lipinski definition) is 4. The smallest absolute Gasteiger partial charge is 0.410 e. The van der Waals surface area contributed by atoms with Crippen LogP contribution in [-0.2, 0) is 11.3 Å². The molecule has 120 valence electrons. The van der Waals surface area contributed by atoms with Gasteiger partial charge in [-0.3, -0.25) is 0 Å². The van der Waals surface area contributed by atoms with Crippen molar-refractivity contribution in [2.75, 3.05) is 13.1 Å². The van der Waals surface area contributed by atoms with Gasteiger partial charge in [-0.2, -0.15) is 0 Å². The van der Waals surface area contributed by atoms with E-state index in [0.29, 0.717) is 13.2 Å². The molecule has 5 nitrogen and oxygen atoms in total. The Kier molecular flexibility index (Phi) is 5.23. The number of nitrogens with zero attached hydrogens (tertiary/aromatic N) is 3. The summed E-state index contributed by atoms with van der Waals surface area (Å²) in [5, 5.41) is 0. The lowest BCUT2D eigenvalue weighted by molar-refractivity contribution is 0.0853. The maximum absolute atomic E-state index is 12.3. The van der Waals surface area contributed by atoms with Crippen LogP contribution >= 0.6 is 15.9 Å². The number of aromatic nitrogens is 2. The molecule has 0 spiro atoms. The summed E-state index contributed by atoms with van der Waals surface area (Å²) in [6, 6.07) is 9.71. The van der Waals surface area contributed by atoms with Crippen molar-refractivity contribution in [2.24, 2.45) is 0 Å². The maximum atomic E-state index is 12.3. The summed E-state index contributed by atoms with van der Waals surface area (Å²) in [6.07, 6.45) is 5.15. The quantitative estimate of drug-likeness (QED) is 0.819. The molecule has 1 aliphatic rings. The number of piperidine rings is 1. The van der Waals surface area contributed by atoms with Crippen molar-refractivity contribution in [2.45, 2.75) is 25.4 Å². The first kappa shape index (κ1) is 15.9. The lowest BCUT2D eigenvalue weighted by Crippen LogP contribution is -2.39. The number of benzene rings is 1. The van der Waals surface area contributed by atoms with Crippen molar-refractivity contribution >= 4 is 22.0 Å². The van der Waals surface area contributed by atoms with Crippen LogP contribution in [0.1, 0.15) is 30.1 Å². The number of carbonyl (C=O) groups is 1. The average molecular weight is 376 g/mol. The van der Waals surface area contributed by atoms with E-state index in [-0.39, 0.29) is 12.0 Å². The van der Waals surface area contributed by atoms with E-state index < -0.39 is 0 Å². The van der Waals surface area contributed by atoms with Gasteiger partial charge in [0.1, 0.15) is 12.4 Å². The van der Waals surface area contributed by atoms with Gasteiger partial charge >= 0.3 is 6.09 Å². The number of likely N-dealkylation sites (tertiary alicyclic amines) is 1. The minimum atomic E-state index is -0.268. The van der Waals surface area contributed by atoms with Gasteiger partial charge in [-0.15, -0.1) is 0 Å². The van der Waals surface area contributed by atoms with Gasteiger partial charge < -0.3 is 9.64 Å². The van der Waals surface area contributed by atoms with E-state index in [0.717, 1.165) is 35.2 Å². The van der Waals surface area contributed by atoms with Gasteiger partial charge in [-0.1, -0.05) is 30.3 Å². The van der Waals surface area contributed by atoms with Crippen LogP contribution in [0.4, 0.5) is 4.79 Å². The second-order valence-corrected chi connectivity index (χ2v) is 6.50. The number of rotatable bonds is 3. The predicted octanol–water partition coefficient (Wildman–Crippen LogP) is 3.76. The third-order valence-corrected chi connectivity index (χ3v) is 4.30. The number of amides is 1. The van der Waals surface area contributed by atoms with Crippen LogP contribution < -0.4 is 0 Å². The summed E-state index contributed by atoms with van der Waals surface area (Å²) in [5.41, 5.74) is 0.991. The third-order valence-electron chi connectivity index (χ3n) is 3.89. The number of ether oxygens (including phenoxy) is 1. The highest BCUT2D eigenvalue weighted by Crippen LogP contribution is 2.25. The van der Waals surface area contributed by atoms with Crippen LogP contribution in [0.15, 0.2) is 47.2 Å². The fourth-order valence-corrected chi connectivity index (χ4v) is 2.90. The van der Waals surface area contributed by atoms with Gasteiger partial charge in [0, 0.05) is 31.4 Å². The van der Waals surface area contributed by atoms with Crippen LogP contribution in [0.5, 0.6) is 0 Å². The lowest BCUT2D eigenvalue weighted by Gasteiger charge is -2.31. The Morgan fingerprint density at radius 2 is 2.00 bits per heavy atom. The molecule has 1 fully saturated rings. The van der Waals surface area contributed by atoms with Crippen molar-refractivity contribution in [1.82, 2.24) is 14.9 Å². The minimum absolute atomic E-state index is 0.168. The molecule has 1 aromatic carbocycles. The Hall–Kier alpha value is -1.95. The number of hydrogen-bond donors (Lipinski definition) is 0. The summed E-state index contributed by atoms with van der Waals surface area (Å²) in [5.74, 6) is 0.954. The maximum Gasteiger partial charge on any atom is 0.410 e. The standard InChI is InChI=1S/C17H18BrN3O2/c18-15-9-19-16(20-10-15)14-7-4-8-21(11-14)17(22)23-12-13-5-2-1-3-6-13/h1-3,5-6,9-10,14H,4,7-8,11-12H2. The SMILES string of the molecule is O=C(OCc1ccccc1)N1CCCC(c2ncc(Br)cn2)C1. The van der Waals surface area contributed by atoms with Crippen molar-refractivity contribution in [3.63, 3.8) is 0 Å². The largest absolute Gasteiger partial charge is 0.445 e. The average Bonchev–Trinajstić information content (AvgIpc) is 2.61. The lowest BCUT2D eigenvalue weighted by atomic mass is 9.97. The van der Waals surface area contributed by atoms with Crippen LogP contribution in [0, 0.1) is 0 Å². The van der Waals surface area contributed by atoms with Crippen LogP contribution in [0.3, 0.4) is 0 Å². The second-order valence-electron chi connectivity index (χ2n) is 5.58. The van der Waals surface area contributed by atoms with E-state index in [2.05, 4.69) is 25.9 Å². The zero-order valence-electron chi connectivity index (χ0n) is 12.7. The third kappa shape index (κ3) is 4.28. The van der Waals surface area contributed by atoms with Gasteiger partial charge in [0.05, 0.1) is 4.47 Å². The fraction of sp³-hybridized carbons (Fsp3) is 0.353. The summed E-state index contributed by atoms with van der Waals surface area (Å²) in [6.45, 7) is 1.63. The molecule has 1 unspecified atom stereocenters. The Labute approximate surface area is 143 Å². The van der Waals surface area contributed by atoms with Crippen LogP contribution in [0.2, 0.25) is 0 Å². The zero-order chi connectivity index (χ0) is 16.1. The molecule has 1 aliphatic heterocycles. The van der Waals surface area contributed by atoms with E-state index in [1.165, 1.54) is 0 Å². The molecule has 0 bridgehead atoms.